The zero-order chi connectivity index (χ0) is 20.7. The fraction of sp³-hybridized carbons (Fsp3) is 0.850. The maximum atomic E-state index is 12.7. The first-order valence-electron chi connectivity index (χ1n) is 9.91. The Kier molecular flexibility index (Phi) is 8.57. The first-order valence-corrected chi connectivity index (χ1v) is 9.91. The molecule has 1 fully saturated rings. The standard InChI is InChI=1S/C20H36N2O5/c1-14(2)11-15(22-18(26)27-19(3,4)5)17(25)21-13-20(12-16(23)24)9-7-6-8-10-20/h14-15H,6-13H2,1-5H3,(H,21,25)(H,22,26)(H,23,24)/t15-/m1/s1. The minimum atomic E-state index is -0.836. The van der Waals surface area contributed by atoms with Gasteiger partial charge in [0, 0.05) is 6.54 Å². The van der Waals surface area contributed by atoms with Gasteiger partial charge in [-0.15, -0.1) is 0 Å². The Morgan fingerprint density at radius 3 is 2.19 bits per heavy atom. The number of carbonyl (C=O) groups excluding carboxylic acids is 2. The minimum absolute atomic E-state index is 0.0572. The van der Waals surface area contributed by atoms with Gasteiger partial charge < -0.3 is 20.5 Å². The Bertz CT molecular complexity index is 519. The molecular formula is C20H36N2O5. The Morgan fingerprint density at radius 1 is 1.11 bits per heavy atom. The average Bonchev–Trinajstić information content (AvgIpc) is 2.50. The highest BCUT2D eigenvalue weighted by molar-refractivity contribution is 5.85. The van der Waals surface area contributed by atoms with Crippen molar-refractivity contribution in [2.75, 3.05) is 6.54 Å². The van der Waals surface area contributed by atoms with Crippen LogP contribution in [0.1, 0.15) is 79.6 Å². The van der Waals surface area contributed by atoms with Gasteiger partial charge in [0.25, 0.3) is 0 Å². The summed E-state index contributed by atoms with van der Waals surface area (Å²) < 4.78 is 5.26. The van der Waals surface area contributed by atoms with Gasteiger partial charge in [-0.25, -0.2) is 4.79 Å². The van der Waals surface area contributed by atoms with Crippen LogP contribution >= 0.6 is 0 Å². The number of rotatable bonds is 8. The Hall–Kier alpha value is -1.79. The summed E-state index contributed by atoms with van der Waals surface area (Å²) in [5.74, 6) is -0.917. The first kappa shape index (κ1) is 23.2. The molecule has 0 unspecified atom stereocenters. The second-order valence-electron chi connectivity index (χ2n) is 9.18. The SMILES string of the molecule is CC(C)C[C@@H](NC(=O)OC(C)(C)C)C(=O)NCC1(CC(=O)O)CCCCC1. The van der Waals surface area contributed by atoms with Gasteiger partial charge in [0.05, 0.1) is 6.42 Å². The maximum absolute atomic E-state index is 12.7. The Balaban J connectivity index is 2.73. The number of nitrogens with one attached hydrogen (secondary N) is 2. The summed E-state index contributed by atoms with van der Waals surface area (Å²) in [6.07, 6.45) is 4.58. The molecule has 0 aromatic carbocycles. The molecule has 0 saturated heterocycles. The normalized spacial score (nSPS) is 17.9. The molecule has 1 atom stereocenters. The van der Waals surface area contributed by atoms with Crippen LogP contribution in [0.4, 0.5) is 4.79 Å². The van der Waals surface area contributed by atoms with Gasteiger partial charge in [-0.2, -0.15) is 0 Å². The number of aliphatic carboxylic acids is 1. The molecule has 7 nitrogen and oxygen atoms in total. The van der Waals surface area contributed by atoms with E-state index < -0.39 is 29.1 Å². The molecule has 0 radical (unpaired) electrons. The largest absolute Gasteiger partial charge is 0.481 e. The van der Waals surface area contributed by atoms with Gasteiger partial charge in [0.15, 0.2) is 0 Å². The van der Waals surface area contributed by atoms with Crippen molar-refractivity contribution in [2.24, 2.45) is 11.3 Å². The van der Waals surface area contributed by atoms with Crippen LogP contribution < -0.4 is 10.6 Å². The van der Waals surface area contributed by atoms with Crippen molar-refractivity contribution in [2.45, 2.75) is 91.2 Å². The van der Waals surface area contributed by atoms with Crippen molar-refractivity contribution in [1.82, 2.24) is 10.6 Å². The molecule has 2 amide bonds. The summed E-state index contributed by atoms with van der Waals surface area (Å²) in [5, 5.41) is 14.8. The predicted molar refractivity (Wildman–Crippen MR) is 103 cm³/mol. The van der Waals surface area contributed by atoms with E-state index in [0.717, 1.165) is 32.1 Å². The van der Waals surface area contributed by atoms with Crippen LogP contribution in [-0.2, 0) is 14.3 Å². The summed E-state index contributed by atoms with van der Waals surface area (Å²) in [6.45, 7) is 9.57. The molecule has 27 heavy (non-hydrogen) atoms. The molecule has 3 N–H and O–H groups in total. The molecule has 0 spiro atoms. The highest BCUT2D eigenvalue weighted by Crippen LogP contribution is 2.38. The minimum Gasteiger partial charge on any atom is -0.481 e. The molecular weight excluding hydrogens is 348 g/mol. The van der Waals surface area contributed by atoms with Crippen LogP contribution in [0.2, 0.25) is 0 Å². The highest BCUT2D eigenvalue weighted by atomic mass is 16.6. The zero-order valence-electron chi connectivity index (χ0n) is 17.4. The third kappa shape index (κ3) is 9.11. The predicted octanol–water partition coefficient (Wildman–Crippen LogP) is 3.47. The number of alkyl carbamates (subject to hydrolysis) is 1. The molecule has 7 heteroatoms. The van der Waals surface area contributed by atoms with Gasteiger partial charge in [-0.05, 0) is 51.4 Å². The molecule has 0 aromatic rings. The Labute approximate surface area is 162 Å². The van der Waals surface area contributed by atoms with Crippen LogP contribution in [-0.4, -0.2) is 41.3 Å². The number of carbonyl (C=O) groups is 3. The van der Waals surface area contributed by atoms with Crippen LogP contribution in [0.25, 0.3) is 0 Å². The molecule has 0 heterocycles. The molecule has 0 aliphatic heterocycles. The van der Waals surface area contributed by atoms with Crippen LogP contribution in [0, 0.1) is 11.3 Å². The molecule has 0 bridgehead atoms. The van der Waals surface area contributed by atoms with E-state index in [2.05, 4.69) is 10.6 Å². The van der Waals surface area contributed by atoms with E-state index in [1.54, 1.807) is 20.8 Å². The zero-order valence-corrected chi connectivity index (χ0v) is 17.4. The summed E-state index contributed by atoms with van der Waals surface area (Å²) in [4.78, 5) is 36.1. The summed E-state index contributed by atoms with van der Waals surface area (Å²) in [6, 6.07) is -0.703. The Morgan fingerprint density at radius 2 is 1.70 bits per heavy atom. The van der Waals surface area contributed by atoms with E-state index in [4.69, 9.17) is 4.74 Å². The van der Waals surface area contributed by atoms with Gasteiger partial charge in [-0.1, -0.05) is 33.1 Å². The number of hydrogen-bond acceptors (Lipinski definition) is 4. The lowest BCUT2D eigenvalue weighted by Gasteiger charge is -2.36. The number of carboxylic acids is 1. The topological polar surface area (TPSA) is 105 Å². The van der Waals surface area contributed by atoms with Gasteiger partial charge >= 0.3 is 12.1 Å². The van der Waals surface area contributed by atoms with E-state index in [1.165, 1.54) is 0 Å². The fourth-order valence-corrected chi connectivity index (χ4v) is 3.59. The maximum Gasteiger partial charge on any atom is 0.408 e. The summed E-state index contributed by atoms with van der Waals surface area (Å²) in [7, 11) is 0. The van der Waals surface area contributed by atoms with Crippen LogP contribution in [0.5, 0.6) is 0 Å². The average molecular weight is 385 g/mol. The number of ether oxygens (including phenoxy) is 1. The smallest absolute Gasteiger partial charge is 0.408 e. The third-order valence-corrected chi connectivity index (χ3v) is 4.79. The van der Waals surface area contributed by atoms with Crippen molar-refractivity contribution in [3.05, 3.63) is 0 Å². The molecule has 0 aromatic heterocycles. The van der Waals surface area contributed by atoms with Crippen molar-refractivity contribution in [1.29, 1.82) is 0 Å². The van der Waals surface area contributed by atoms with Gasteiger partial charge in [0.1, 0.15) is 11.6 Å². The lowest BCUT2D eigenvalue weighted by Crippen LogP contribution is -2.51. The van der Waals surface area contributed by atoms with Crippen LogP contribution in [0.3, 0.4) is 0 Å². The van der Waals surface area contributed by atoms with Gasteiger partial charge in [0.2, 0.25) is 5.91 Å². The van der Waals surface area contributed by atoms with Crippen LogP contribution in [0.15, 0.2) is 0 Å². The second kappa shape index (κ2) is 9.95. The monoisotopic (exact) mass is 384 g/mol. The van der Waals surface area contributed by atoms with Gasteiger partial charge in [-0.3, -0.25) is 9.59 Å². The molecule has 156 valence electrons. The number of carboxylic acid groups (broad SMARTS) is 1. The lowest BCUT2D eigenvalue weighted by atomic mass is 9.71. The highest BCUT2D eigenvalue weighted by Gasteiger charge is 2.35. The second-order valence-corrected chi connectivity index (χ2v) is 9.18. The van der Waals surface area contributed by atoms with E-state index in [9.17, 15) is 19.5 Å². The fourth-order valence-electron chi connectivity index (χ4n) is 3.59. The number of hydrogen-bond donors (Lipinski definition) is 3. The molecule has 1 aliphatic carbocycles. The number of amides is 2. The van der Waals surface area contributed by atoms with E-state index in [0.29, 0.717) is 13.0 Å². The van der Waals surface area contributed by atoms with Crippen molar-refractivity contribution in [3.8, 4) is 0 Å². The van der Waals surface area contributed by atoms with Crippen molar-refractivity contribution >= 4 is 18.0 Å². The van der Waals surface area contributed by atoms with Crippen molar-refractivity contribution < 1.29 is 24.2 Å². The van der Waals surface area contributed by atoms with E-state index in [-0.39, 0.29) is 18.2 Å². The molecule has 1 aliphatic rings. The van der Waals surface area contributed by atoms with Crippen molar-refractivity contribution in [3.63, 3.8) is 0 Å². The van der Waals surface area contributed by atoms with E-state index in [1.807, 2.05) is 13.8 Å². The summed E-state index contributed by atoms with van der Waals surface area (Å²) >= 11 is 0. The first-order chi connectivity index (χ1) is 12.4. The molecule has 1 rings (SSSR count). The lowest BCUT2D eigenvalue weighted by molar-refractivity contribution is -0.140. The molecule has 1 saturated carbocycles. The third-order valence-electron chi connectivity index (χ3n) is 4.79. The van der Waals surface area contributed by atoms with E-state index >= 15 is 0 Å². The quantitative estimate of drug-likeness (QED) is 0.594. The summed E-state index contributed by atoms with van der Waals surface area (Å²) in [5.41, 5.74) is -1.04.